The van der Waals surface area contributed by atoms with E-state index in [-0.39, 0.29) is 5.97 Å². The molecule has 0 radical (unpaired) electrons. The minimum absolute atomic E-state index is 0.165. The number of allylic oxidation sites excluding steroid dienone is 2. The number of carbonyl (C=O) groups is 1. The quantitative estimate of drug-likeness (QED) is 0.274. The van der Waals surface area contributed by atoms with Gasteiger partial charge in [0.25, 0.3) is 0 Å². The average molecular weight is 268 g/mol. The summed E-state index contributed by atoms with van der Waals surface area (Å²) in [4.78, 5) is 10.6. The van der Waals surface area contributed by atoms with Crippen LogP contribution in [0.3, 0.4) is 0 Å². The lowest BCUT2D eigenvalue weighted by Gasteiger charge is -2.06. The minimum Gasteiger partial charge on any atom is -0.466 e. The Morgan fingerprint density at radius 3 is 2.53 bits per heavy atom. The normalized spacial score (nSPS) is 12.8. The van der Waals surface area contributed by atoms with Gasteiger partial charge in [0.15, 0.2) is 0 Å². The molecule has 0 aromatic heterocycles. The fourth-order valence-corrected chi connectivity index (χ4v) is 2.07. The average Bonchev–Trinajstić information content (AvgIpc) is 2.37. The van der Waals surface area contributed by atoms with Crippen molar-refractivity contribution in [2.75, 3.05) is 6.61 Å². The predicted molar refractivity (Wildman–Crippen MR) is 82.2 cm³/mol. The second kappa shape index (κ2) is 13.6. The molecule has 0 spiro atoms. The molecule has 0 aliphatic carbocycles. The predicted octanol–water partition coefficient (Wildman–Crippen LogP) is 5.27. The summed E-state index contributed by atoms with van der Waals surface area (Å²) >= 11 is 0. The molecule has 0 saturated heterocycles. The monoisotopic (exact) mass is 268 g/mol. The maximum atomic E-state index is 10.6. The van der Waals surface area contributed by atoms with Crippen LogP contribution in [0.1, 0.15) is 78.6 Å². The maximum absolute atomic E-state index is 10.6. The van der Waals surface area contributed by atoms with E-state index in [1.807, 2.05) is 0 Å². The first-order valence-electron chi connectivity index (χ1n) is 7.96. The number of carbonyl (C=O) groups excluding carboxylic acids is 1. The Labute approximate surface area is 119 Å². The lowest BCUT2D eigenvalue weighted by atomic mass is 10.0. The van der Waals surface area contributed by atoms with Crippen molar-refractivity contribution in [1.82, 2.24) is 0 Å². The van der Waals surface area contributed by atoms with Gasteiger partial charge in [-0.3, -0.25) is 4.79 Å². The fourth-order valence-electron chi connectivity index (χ4n) is 2.07. The van der Waals surface area contributed by atoms with Crippen LogP contribution in [0.15, 0.2) is 12.2 Å². The van der Waals surface area contributed by atoms with Crippen LogP contribution in [-0.2, 0) is 9.53 Å². The maximum Gasteiger partial charge on any atom is 0.302 e. The SMILES string of the molecule is CCCCCC=CC(C)CCCCCCOC(C)=O. The highest BCUT2D eigenvalue weighted by Gasteiger charge is 1.98. The molecule has 2 nitrogen and oxygen atoms in total. The Morgan fingerprint density at radius 2 is 1.84 bits per heavy atom. The third-order valence-corrected chi connectivity index (χ3v) is 3.30. The van der Waals surface area contributed by atoms with Crippen molar-refractivity contribution in [3.8, 4) is 0 Å². The van der Waals surface area contributed by atoms with E-state index in [0.29, 0.717) is 12.5 Å². The standard InChI is InChI=1S/C17H32O2/c1-4-5-6-7-10-13-16(2)14-11-8-9-12-15-19-17(3)18/h10,13,16H,4-9,11-12,14-15H2,1-3H3. The molecule has 0 fully saturated rings. The molecule has 0 rings (SSSR count). The van der Waals surface area contributed by atoms with Crippen LogP contribution in [0.4, 0.5) is 0 Å². The summed E-state index contributed by atoms with van der Waals surface area (Å²) in [7, 11) is 0. The van der Waals surface area contributed by atoms with E-state index in [1.54, 1.807) is 0 Å². The molecule has 0 aliphatic rings. The molecule has 0 heterocycles. The molecular formula is C17H32O2. The summed E-state index contributed by atoms with van der Waals surface area (Å²) in [5.41, 5.74) is 0. The van der Waals surface area contributed by atoms with Gasteiger partial charge < -0.3 is 4.74 Å². The molecule has 0 bridgehead atoms. The highest BCUT2D eigenvalue weighted by Crippen LogP contribution is 2.12. The number of unbranched alkanes of at least 4 members (excludes halogenated alkanes) is 6. The second-order valence-electron chi connectivity index (χ2n) is 5.44. The second-order valence-corrected chi connectivity index (χ2v) is 5.44. The van der Waals surface area contributed by atoms with Crippen molar-refractivity contribution in [3.63, 3.8) is 0 Å². The Hall–Kier alpha value is -0.790. The molecule has 0 N–H and O–H groups in total. The number of esters is 1. The Balaban J connectivity index is 3.28. The smallest absolute Gasteiger partial charge is 0.302 e. The summed E-state index contributed by atoms with van der Waals surface area (Å²) < 4.78 is 4.90. The molecule has 0 saturated carbocycles. The number of hydrogen-bond acceptors (Lipinski definition) is 2. The van der Waals surface area contributed by atoms with Crippen LogP contribution >= 0.6 is 0 Å². The first kappa shape index (κ1) is 18.2. The van der Waals surface area contributed by atoms with Crippen molar-refractivity contribution >= 4 is 5.97 Å². The minimum atomic E-state index is -0.165. The summed E-state index contributed by atoms with van der Waals surface area (Å²) in [5, 5.41) is 0. The van der Waals surface area contributed by atoms with Crippen molar-refractivity contribution in [2.45, 2.75) is 78.6 Å². The topological polar surface area (TPSA) is 26.3 Å². The molecule has 112 valence electrons. The summed E-state index contributed by atoms with van der Waals surface area (Å²) in [6, 6.07) is 0. The van der Waals surface area contributed by atoms with Crippen LogP contribution in [0.25, 0.3) is 0 Å². The van der Waals surface area contributed by atoms with E-state index >= 15 is 0 Å². The van der Waals surface area contributed by atoms with Gasteiger partial charge in [0.2, 0.25) is 0 Å². The van der Waals surface area contributed by atoms with Gasteiger partial charge in [0, 0.05) is 6.92 Å². The van der Waals surface area contributed by atoms with Crippen LogP contribution < -0.4 is 0 Å². The van der Waals surface area contributed by atoms with E-state index < -0.39 is 0 Å². The van der Waals surface area contributed by atoms with Crippen molar-refractivity contribution in [2.24, 2.45) is 5.92 Å². The molecule has 0 aromatic rings. The fraction of sp³-hybridized carbons (Fsp3) is 0.824. The lowest BCUT2D eigenvalue weighted by Crippen LogP contribution is -2.00. The van der Waals surface area contributed by atoms with Gasteiger partial charge in [0.1, 0.15) is 0 Å². The summed E-state index contributed by atoms with van der Waals surface area (Å²) in [6.07, 6.45) is 15.9. The molecule has 0 aliphatic heterocycles. The van der Waals surface area contributed by atoms with Crippen LogP contribution in [0, 0.1) is 5.92 Å². The van der Waals surface area contributed by atoms with E-state index in [1.165, 1.54) is 58.3 Å². The Bertz CT molecular complexity index is 233. The van der Waals surface area contributed by atoms with E-state index in [0.717, 1.165) is 6.42 Å². The lowest BCUT2D eigenvalue weighted by molar-refractivity contribution is -0.141. The molecule has 1 atom stereocenters. The molecular weight excluding hydrogens is 236 g/mol. The highest BCUT2D eigenvalue weighted by molar-refractivity contribution is 5.65. The number of rotatable bonds is 12. The highest BCUT2D eigenvalue weighted by atomic mass is 16.5. The van der Waals surface area contributed by atoms with Gasteiger partial charge >= 0.3 is 5.97 Å². The summed E-state index contributed by atoms with van der Waals surface area (Å²) in [5.74, 6) is 0.539. The zero-order chi connectivity index (χ0) is 14.3. The zero-order valence-electron chi connectivity index (χ0n) is 13.1. The first-order chi connectivity index (χ1) is 9.16. The molecule has 1 unspecified atom stereocenters. The van der Waals surface area contributed by atoms with Crippen LogP contribution in [0.5, 0.6) is 0 Å². The molecule has 19 heavy (non-hydrogen) atoms. The Kier molecular flexibility index (Phi) is 13.1. The molecule has 0 aromatic carbocycles. The van der Waals surface area contributed by atoms with Crippen LogP contribution in [-0.4, -0.2) is 12.6 Å². The van der Waals surface area contributed by atoms with Gasteiger partial charge in [-0.15, -0.1) is 0 Å². The van der Waals surface area contributed by atoms with E-state index in [9.17, 15) is 4.79 Å². The third-order valence-electron chi connectivity index (χ3n) is 3.30. The number of hydrogen-bond donors (Lipinski definition) is 0. The zero-order valence-corrected chi connectivity index (χ0v) is 13.1. The Morgan fingerprint density at radius 1 is 1.11 bits per heavy atom. The molecule has 2 heteroatoms. The van der Waals surface area contributed by atoms with Crippen LogP contribution in [0.2, 0.25) is 0 Å². The van der Waals surface area contributed by atoms with Gasteiger partial charge in [-0.25, -0.2) is 0 Å². The third kappa shape index (κ3) is 15.2. The summed E-state index contributed by atoms with van der Waals surface area (Å²) in [6.45, 7) is 6.60. The van der Waals surface area contributed by atoms with Gasteiger partial charge in [0.05, 0.1) is 6.61 Å². The van der Waals surface area contributed by atoms with E-state index in [4.69, 9.17) is 4.74 Å². The van der Waals surface area contributed by atoms with Crippen molar-refractivity contribution in [3.05, 3.63) is 12.2 Å². The molecule has 0 amide bonds. The number of ether oxygens (including phenoxy) is 1. The van der Waals surface area contributed by atoms with Gasteiger partial charge in [-0.05, 0) is 31.6 Å². The largest absolute Gasteiger partial charge is 0.466 e. The van der Waals surface area contributed by atoms with Crippen molar-refractivity contribution < 1.29 is 9.53 Å². The first-order valence-corrected chi connectivity index (χ1v) is 7.96. The van der Waals surface area contributed by atoms with Crippen molar-refractivity contribution in [1.29, 1.82) is 0 Å². The van der Waals surface area contributed by atoms with Gasteiger partial charge in [-0.1, -0.05) is 58.1 Å². The van der Waals surface area contributed by atoms with Gasteiger partial charge in [-0.2, -0.15) is 0 Å². The van der Waals surface area contributed by atoms with E-state index in [2.05, 4.69) is 26.0 Å².